The summed E-state index contributed by atoms with van der Waals surface area (Å²) in [5, 5.41) is 19.6. The quantitative estimate of drug-likeness (QED) is 0.390. The Morgan fingerprint density at radius 2 is 2.03 bits per heavy atom. The van der Waals surface area contributed by atoms with Gasteiger partial charge in [0.1, 0.15) is 5.71 Å². The summed E-state index contributed by atoms with van der Waals surface area (Å²) in [6.45, 7) is 0.902. The summed E-state index contributed by atoms with van der Waals surface area (Å²) in [5.41, 5.74) is 1.06. The molecule has 0 unspecified atom stereocenters. The monoisotopic (exact) mass is 596 g/mol. The summed E-state index contributed by atoms with van der Waals surface area (Å²) in [4.78, 5) is 40.4. The van der Waals surface area contributed by atoms with Crippen LogP contribution < -0.4 is 20.8 Å². The van der Waals surface area contributed by atoms with Crippen molar-refractivity contribution < 1.29 is 32.6 Å². The molecule has 0 aromatic carbocycles. The van der Waals surface area contributed by atoms with Gasteiger partial charge in [-0.2, -0.15) is 10.4 Å². The van der Waals surface area contributed by atoms with E-state index in [0.29, 0.717) is 35.0 Å². The molecule has 1 atom stereocenters. The predicted molar refractivity (Wildman–Crippen MR) is 132 cm³/mol. The van der Waals surface area contributed by atoms with Crippen LogP contribution in [0.5, 0.6) is 5.88 Å². The van der Waals surface area contributed by atoms with Gasteiger partial charge in [0.2, 0.25) is 5.88 Å². The Balaban J connectivity index is 1.48. The number of hydrogen-bond acceptors (Lipinski definition) is 8. The molecule has 1 aromatic heterocycles. The number of amides is 3. The average Bonchev–Trinajstić information content (AvgIpc) is 3.69. The third kappa shape index (κ3) is 6.38. The number of hydrogen-bond donors (Lipinski definition) is 3. The van der Waals surface area contributed by atoms with Crippen LogP contribution in [-0.2, 0) is 14.3 Å². The van der Waals surface area contributed by atoms with Crippen LogP contribution in [0.2, 0.25) is 0 Å². The highest BCUT2D eigenvalue weighted by atomic mass is 79.9. The van der Waals surface area contributed by atoms with Crippen molar-refractivity contribution in [2.24, 2.45) is 10.5 Å². The molecular weight excluding hydrogens is 570 g/mol. The molecule has 1 aromatic rings. The number of carbonyl (C=O) groups excluding carboxylic acids is 3. The SMILES string of the molecule is C[C@@H](CC1(C#N)CCC2(CC1)OC(=O)NN=C2c1cc(OCC(F)F)ncc1Br)NC(=O)C(=O)NC1CC1. The van der Waals surface area contributed by atoms with Crippen LogP contribution in [0.3, 0.4) is 0 Å². The van der Waals surface area contributed by atoms with Gasteiger partial charge in [0.05, 0.1) is 11.5 Å². The Labute approximate surface area is 225 Å². The van der Waals surface area contributed by atoms with E-state index in [9.17, 15) is 28.4 Å². The molecule has 2 heterocycles. The molecule has 0 saturated heterocycles. The lowest BCUT2D eigenvalue weighted by Gasteiger charge is -2.45. The number of hydrazone groups is 1. The summed E-state index contributed by atoms with van der Waals surface area (Å²) in [6.07, 6.45) is 1.11. The van der Waals surface area contributed by atoms with Gasteiger partial charge in [0.25, 0.3) is 6.43 Å². The van der Waals surface area contributed by atoms with Crippen molar-refractivity contribution in [3.63, 3.8) is 0 Å². The van der Waals surface area contributed by atoms with Crippen LogP contribution in [0.15, 0.2) is 21.8 Å². The van der Waals surface area contributed by atoms with Crippen LogP contribution in [0.4, 0.5) is 13.6 Å². The van der Waals surface area contributed by atoms with E-state index in [4.69, 9.17) is 9.47 Å². The molecule has 14 heteroatoms. The lowest BCUT2D eigenvalue weighted by molar-refractivity contribution is -0.139. The van der Waals surface area contributed by atoms with Crippen molar-refractivity contribution in [2.45, 2.75) is 76.0 Å². The lowest BCUT2D eigenvalue weighted by Crippen LogP contribution is -2.54. The van der Waals surface area contributed by atoms with Crippen LogP contribution in [-0.4, -0.2) is 59.3 Å². The lowest BCUT2D eigenvalue weighted by atomic mass is 9.65. The maximum absolute atomic E-state index is 12.6. The highest BCUT2D eigenvalue weighted by Gasteiger charge is 2.51. The molecule has 3 aliphatic rings. The summed E-state index contributed by atoms with van der Waals surface area (Å²) in [7, 11) is 0. The molecule has 1 spiro atoms. The van der Waals surface area contributed by atoms with Crippen LogP contribution in [0.25, 0.3) is 0 Å². The second-order valence-corrected chi connectivity index (χ2v) is 10.7. The van der Waals surface area contributed by atoms with Crippen molar-refractivity contribution in [3.05, 3.63) is 22.3 Å². The van der Waals surface area contributed by atoms with E-state index in [-0.39, 0.29) is 24.8 Å². The maximum atomic E-state index is 12.6. The molecule has 11 nitrogen and oxygen atoms in total. The standard InChI is InChI=1S/C24H27BrF2N6O5/c1-13(30-20(34)21(35)31-14-2-3-14)9-23(12-28)4-6-24(7-5-23)19(32-33-22(36)38-24)15-8-18(29-10-16(15)25)37-11-17(26)27/h8,10,13-14,17H,2-7,9,11H2,1H3,(H,30,34)(H,31,35)(H,33,36)/t13-,23?,24?/m0/s1. The highest BCUT2D eigenvalue weighted by molar-refractivity contribution is 9.10. The van der Waals surface area contributed by atoms with Gasteiger partial charge in [-0.05, 0) is 67.8 Å². The fourth-order valence-electron chi connectivity index (χ4n) is 4.82. The number of nitriles is 1. The number of halogens is 3. The minimum Gasteiger partial charge on any atom is -0.472 e. The topological polar surface area (TPSA) is 155 Å². The van der Waals surface area contributed by atoms with Gasteiger partial charge in [0.15, 0.2) is 12.2 Å². The zero-order chi connectivity index (χ0) is 27.5. The van der Waals surface area contributed by atoms with Crippen molar-refractivity contribution in [3.8, 4) is 11.9 Å². The predicted octanol–water partition coefficient (Wildman–Crippen LogP) is 2.93. The fourth-order valence-corrected chi connectivity index (χ4v) is 5.23. The van der Waals surface area contributed by atoms with E-state index in [1.54, 1.807) is 6.92 Å². The number of pyridine rings is 1. The van der Waals surface area contributed by atoms with Gasteiger partial charge in [-0.25, -0.2) is 24.0 Å². The van der Waals surface area contributed by atoms with Gasteiger partial charge < -0.3 is 20.1 Å². The summed E-state index contributed by atoms with van der Waals surface area (Å²) in [5.74, 6) is -1.47. The van der Waals surface area contributed by atoms with Gasteiger partial charge in [-0.15, -0.1) is 0 Å². The average molecular weight is 597 g/mol. The number of nitrogens with one attached hydrogen (secondary N) is 3. The number of aromatic nitrogens is 1. The molecule has 4 rings (SSSR count). The molecule has 204 valence electrons. The largest absolute Gasteiger partial charge is 0.472 e. The van der Waals surface area contributed by atoms with Crippen LogP contribution >= 0.6 is 15.9 Å². The number of rotatable bonds is 8. The molecule has 2 saturated carbocycles. The zero-order valence-electron chi connectivity index (χ0n) is 20.6. The number of alkyl halides is 2. The van der Waals surface area contributed by atoms with E-state index >= 15 is 0 Å². The van der Waals surface area contributed by atoms with E-state index in [1.165, 1.54) is 12.3 Å². The second-order valence-electron chi connectivity index (χ2n) is 9.88. The van der Waals surface area contributed by atoms with Crippen LogP contribution in [0.1, 0.15) is 57.4 Å². The Morgan fingerprint density at radius 1 is 1.32 bits per heavy atom. The minimum absolute atomic E-state index is 0.0456. The molecule has 1 aliphatic heterocycles. The molecule has 38 heavy (non-hydrogen) atoms. The second kappa shape index (κ2) is 11.2. The van der Waals surface area contributed by atoms with Gasteiger partial charge in [-0.1, -0.05) is 0 Å². The van der Waals surface area contributed by atoms with Gasteiger partial charge in [0, 0.05) is 34.4 Å². The fraction of sp³-hybridized carbons (Fsp3) is 0.583. The van der Waals surface area contributed by atoms with Gasteiger partial charge >= 0.3 is 17.9 Å². The molecular formula is C24H27BrF2N6O5. The molecule has 2 aliphatic carbocycles. The Bertz CT molecular complexity index is 1180. The highest BCUT2D eigenvalue weighted by Crippen LogP contribution is 2.47. The first-order valence-corrected chi connectivity index (χ1v) is 13.0. The van der Waals surface area contributed by atoms with Crippen molar-refractivity contribution in [1.29, 1.82) is 5.26 Å². The van der Waals surface area contributed by atoms with E-state index in [2.05, 4.69) is 48.1 Å². The van der Waals surface area contributed by atoms with Crippen LogP contribution in [0, 0.1) is 16.7 Å². The van der Waals surface area contributed by atoms with Crippen molar-refractivity contribution in [1.82, 2.24) is 21.0 Å². The van der Waals surface area contributed by atoms with Gasteiger partial charge in [-0.3, -0.25) is 9.59 Å². The zero-order valence-corrected chi connectivity index (χ0v) is 22.1. The first-order valence-electron chi connectivity index (χ1n) is 12.2. The molecule has 3 N–H and O–H groups in total. The normalized spacial score (nSPS) is 25.5. The number of ether oxygens (including phenoxy) is 2. The Morgan fingerprint density at radius 3 is 2.66 bits per heavy atom. The van der Waals surface area contributed by atoms with Crippen molar-refractivity contribution in [2.75, 3.05) is 6.61 Å². The molecule has 0 radical (unpaired) electrons. The smallest absolute Gasteiger partial charge is 0.428 e. The third-order valence-corrected chi connectivity index (χ3v) is 7.50. The Hall–Kier alpha value is -3.34. The van der Waals surface area contributed by atoms with E-state index in [1.807, 2.05) is 0 Å². The molecule has 0 bridgehead atoms. The minimum atomic E-state index is -2.68. The number of carbonyl (C=O) groups is 3. The summed E-state index contributed by atoms with van der Waals surface area (Å²) >= 11 is 3.39. The first-order chi connectivity index (χ1) is 18.0. The summed E-state index contributed by atoms with van der Waals surface area (Å²) in [6, 6.07) is 3.41. The van der Waals surface area contributed by atoms with Crippen molar-refractivity contribution >= 4 is 39.5 Å². The maximum Gasteiger partial charge on any atom is 0.428 e. The Kier molecular flexibility index (Phi) is 8.15. The van der Waals surface area contributed by atoms with E-state index < -0.39 is 48.0 Å². The first kappa shape index (κ1) is 27.7. The third-order valence-electron chi connectivity index (χ3n) is 6.87. The number of nitrogens with zero attached hydrogens (tertiary/aromatic N) is 3. The summed E-state index contributed by atoms with van der Waals surface area (Å²) < 4.78 is 36.5. The molecule has 2 fully saturated rings. The molecule has 3 amide bonds. The van der Waals surface area contributed by atoms with E-state index in [0.717, 1.165) is 12.8 Å².